The van der Waals surface area contributed by atoms with Gasteiger partial charge >= 0.3 is 0 Å². The second-order valence-corrected chi connectivity index (χ2v) is 10.2. The lowest BCUT2D eigenvalue weighted by atomic mass is 9.97. The summed E-state index contributed by atoms with van der Waals surface area (Å²) >= 11 is 2.44. The number of hydrogen-bond acceptors (Lipinski definition) is 9. The number of thiophene rings is 1. The molecule has 8 nitrogen and oxygen atoms in total. The Hall–Kier alpha value is -3.15. The Bertz CT molecular complexity index is 1260. The number of halogens is 1. The molecule has 5 rings (SSSR count). The molecule has 35 heavy (non-hydrogen) atoms. The molecule has 0 saturated carbocycles. The van der Waals surface area contributed by atoms with Gasteiger partial charge in [0, 0.05) is 42.8 Å². The molecular weight excluding hydrogens is 487 g/mol. The number of piperidine rings is 1. The summed E-state index contributed by atoms with van der Waals surface area (Å²) < 4.78 is 14.1. The van der Waals surface area contributed by atoms with E-state index in [1.165, 1.54) is 12.1 Å². The summed E-state index contributed by atoms with van der Waals surface area (Å²) in [4.78, 5) is 39.1. The molecule has 2 fully saturated rings. The third kappa shape index (κ3) is 5.92. The summed E-state index contributed by atoms with van der Waals surface area (Å²) in [6.45, 7) is 2.98. The van der Waals surface area contributed by atoms with E-state index in [-0.39, 0.29) is 11.1 Å². The minimum Gasteiger partial charge on any atom is -0.341 e. The zero-order chi connectivity index (χ0) is 24.2. The Kier molecular flexibility index (Phi) is 7.16. The Morgan fingerprint density at radius 2 is 2.06 bits per heavy atom. The van der Waals surface area contributed by atoms with E-state index in [1.54, 1.807) is 29.7 Å². The van der Waals surface area contributed by atoms with Crippen LogP contribution in [-0.4, -0.2) is 45.7 Å². The molecule has 180 valence electrons. The zero-order valence-corrected chi connectivity index (χ0v) is 20.4. The summed E-state index contributed by atoms with van der Waals surface area (Å²) in [5.41, 5.74) is 2.88. The van der Waals surface area contributed by atoms with Gasteiger partial charge in [0.05, 0.1) is 22.0 Å². The third-order valence-corrected chi connectivity index (χ3v) is 7.38. The van der Waals surface area contributed by atoms with E-state index in [0.717, 1.165) is 49.8 Å². The van der Waals surface area contributed by atoms with E-state index < -0.39 is 5.91 Å². The quantitative estimate of drug-likeness (QED) is 0.459. The van der Waals surface area contributed by atoms with E-state index >= 15 is 0 Å². The molecule has 2 saturated heterocycles. The molecule has 0 bridgehead atoms. The maximum absolute atomic E-state index is 14.1. The smallest absolute Gasteiger partial charge is 0.290 e. The second-order valence-electron chi connectivity index (χ2n) is 8.37. The van der Waals surface area contributed by atoms with Gasteiger partial charge in [-0.05, 0) is 66.7 Å². The van der Waals surface area contributed by atoms with Crippen LogP contribution in [0.15, 0.2) is 46.1 Å². The van der Waals surface area contributed by atoms with Crippen molar-refractivity contribution in [2.45, 2.75) is 19.4 Å². The summed E-state index contributed by atoms with van der Waals surface area (Å²) in [6.07, 6.45) is 5.23. The van der Waals surface area contributed by atoms with E-state index in [0.29, 0.717) is 40.4 Å². The van der Waals surface area contributed by atoms with Crippen LogP contribution in [0.1, 0.15) is 24.2 Å². The van der Waals surface area contributed by atoms with E-state index in [2.05, 4.69) is 30.5 Å². The predicted molar refractivity (Wildman–Crippen MR) is 135 cm³/mol. The maximum atomic E-state index is 14.1. The normalized spacial score (nSPS) is 17.9. The standard InChI is InChI=1S/C24H23FN6O2S2/c25-17-9-19(28-20(10-17)16-4-8-34-14-16)13-26-12-15-2-6-31(7-3-15)23-27-5-1-18(29-23)11-21-22(32)30-24(33)35-21/h1,4-5,8-11,14-15,26H,2-3,6-7,12-13H2,(H,30,32,33). The van der Waals surface area contributed by atoms with Gasteiger partial charge in [-0.2, -0.15) is 11.3 Å². The van der Waals surface area contributed by atoms with Crippen molar-refractivity contribution in [2.24, 2.45) is 5.92 Å². The molecule has 0 aromatic carbocycles. The molecule has 2 amide bonds. The van der Waals surface area contributed by atoms with Crippen LogP contribution in [-0.2, 0) is 11.3 Å². The van der Waals surface area contributed by atoms with Gasteiger partial charge in [0.25, 0.3) is 11.1 Å². The average molecular weight is 511 g/mol. The minimum atomic E-state index is -0.399. The minimum absolute atomic E-state index is 0.275. The van der Waals surface area contributed by atoms with Crippen molar-refractivity contribution in [3.05, 3.63) is 63.3 Å². The number of nitrogens with one attached hydrogen (secondary N) is 2. The van der Waals surface area contributed by atoms with Gasteiger partial charge in [0.2, 0.25) is 5.95 Å². The van der Waals surface area contributed by atoms with Crippen molar-refractivity contribution in [2.75, 3.05) is 24.5 Å². The van der Waals surface area contributed by atoms with E-state index in [1.807, 2.05) is 16.8 Å². The summed E-state index contributed by atoms with van der Waals surface area (Å²) in [7, 11) is 0. The van der Waals surface area contributed by atoms with Crippen LogP contribution in [0.5, 0.6) is 0 Å². The van der Waals surface area contributed by atoms with Crippen LogP contribution >= 0.6 is 23.1 Å². The number of carbonyl (C=O) groups is 2. The molecule has 0 atom stereocenters. The van der Waals surface area contributed by atoms with Crippen molar-refractivity contribution >= 4 is 46.3 Å². The van der Waals surface area contributed by atoms with Gasteiger partial charge in [-0.25, -0.2) is 14.4 Å². The first-order valence-corrected chi connectivity index (χ1v) is 13.0. The Morgan fingerprint density at radius 3 is 2.80 bits per heavy atom. The maximum Gasteiger partial charge on any atom is 0.290 e. The monoisotopic (exact) mass is 510 g/mol. The first-order valence-electron chi connectivity index (χ1n) is 11.3. The molecule has 0 radical (unpaired) electrons. The highest BCUT2D eigenvalue weighted by Gasteiger charge is 2.25. The zero-order valence-electron chi connectivity index (χ0n) is 18.7. The molecule has 0 aliphatic carbocycles. The topological polar surface area (TPSA) is 100 Å². The highest BCUT2D eigenvalue weighted by atomic mass is 32.2. The fourth-order valence-corrected chi connectivity index (χ4v) is 5.41. The van der Waals surface area contributed by atoms with Gasteiger partial charge in [0.1, 0.15) is 5.82 Å². The average Bonchev–Trinajstić information content (AvgIpc) is 3.49. The third-order valence-electron chi connectivity index (χ3n) is 5.88. The Balaban J connectivity index is 1.12. The summed E-state index contributed by atoms with van der Waals surface area (Å²) in [5.74, 6) is 0.434. The Labute approximate surface area is 210 Å². The van der Waals surface area contributed by atoms with Crippen molar-refractivity contribution in [3.8, 4) is 11.3 Å². The molecule has 2 aliphatic heterocycles. The number of imide groups is 1. The number of aromatic nitrogens is 3. The van der Waals surface area contributed by atoms with Gasteiger partial charge in [-0.15, -0.1) is 0 Å². The number of hydrogen-bond donors (Lipinski definition) is 2. The highest BCUT2D eigenvalue weighted by Crippen LogP contribution is 2.26. The van der Waals surface area contributed by atoms with Crippen LogP contribution < -0.4 is 15.5 Å². The van der Waals surface area contributed by atoms with Crippen LogP contribution in [0.4, 0.5) is 15.1 Å². The van der Waals surface area contributed by atoms with Crippen molar-refractivity contribution < 1.29 is 14.0 Å². The number of carbonyl (C=O) groups excluding carboxylic acids is 2. The van der Waals surface area contributed by atoms with Gasteiger partial charge in [0.15, 0.2) is 0 Å². The summed E-state index contributed by atoms with van der Waals surface area (Å²) in [6, 6.07) is 6.61. The molecule has 3 aromatic rings. The number of pyridine rings is 1. The van der Waals surface area contributed by atoms with Crippen LogP contribution in [0.2, 0.25) is 0 Å². The lowest BCUT2D eigenvalue weighted by Crippen LogP contribution is -2.38. The number of rotatable bonds is 7. The molecule has 0 unspecified atom stereocenters. The first kappa shape index (κ1) is 23.6. The fraction of sp³-hybridized carbons (Fsp3) is 0.292. The largest absolute Gasteiger partial charge is 0.341 e. The van der Waals surface area contributed by atoms with Crippen LogP contribution in [0, 0.1) is 11.7 Å². The van der Waals surface area contributed by atoms with E-state index in [4.69, 9.17) is 0 Å². The van der Waals surface area contributed by atoms with Gasteiger partial charge in [-0.3, -0.25) is 19.9 Å². The fourth-order valence-electron chi connectivity index (χ4n) is 4.09. The molecule has 2 N–H and O–H groups in total. The molecule has 2 aliphatic rings. The number of nitrogens with zero attached hydrogens (tertiary/aromatic N) is 4. The van der Waals surface area contributed by atoms with Crippen molar-refractivity contribution in [1.82, 2.24) is 25.6 Å². The molecular formula is C24H23FN6O2S2. The van der Waals surface area contributed by atoms with Crippen LogP contribution in [0.3, 0.4) is 0 Å². The van der Waals surface area contributed by atoms with Crippen LogP contribution in [0.25, 0.3) is 17.3 Å². The van der Waals surface area contributed by atoms with Gasteiger partial charge < -0.3 is 10.2 Å². The van der Waals surface area contributed by atoms with Crippen molar-refractivity contribution in [3.63, 3.8) is 0 Å². The van der Waals surface area contributed by atoms with E-state index in [9.17, 15) is 14.0 Å². The SMILES string of the molecule is O=C1NC(=O)C(=Cc2ccnc(N3CCC(CNCc4cc(F)cc(-c5ccsc5)n4)CC3)n2)S1. The number of amides is 2. The molecule has 5 heterocycles. The highest BCUT2D eigenvalue weighted by molar-refractivity contribution is 8.18. The Morgan fingerprint density at radius 1 is 1.20 bits per heavy atom. The molecule has 3 aromatic heterocycles. The molecule has 11 heteroatoms. The van der Waals surface area contributed by atoms with Crippen molar-refractivity contribution in [1.29, 1.82) is 0 Å². The lowest BCUT2D eigenvalue weighted by molar-refractivity contribution is -0.115. The molecule has 0 spiro atoms. The number of anilines is 1. The second kappa shape index (κ2) is 10.6. The number of thioether (sulfide) groups is 1. The summed E-state index contributed by atoms with van der Waals surface area (Å²) in [5, 5.41) is 9.23. The first-order chi connectivity index (χ1) is 17.0. The predicted octanol–water partition coefficient (Wildman–Crippen LogP) is 4.07. The lowest BCUT2D eigenvalue weighted by Gasteiger charge is -2.32. The van der Waals surface area contributed by atoms with Gasteiger partial charge in [-0.1, -0.05) is 0 Å².